The van der Waals surface area contributed by atoms with Crippen LogP contribution in [0.4, 0.5) is 11.9 Å². The number of imidazole rings is 2. The summed E-state index contributed by atoms with van der Waals surface area (Å²) >= 11 is 6.43. The molecule has 10 N–H and O–H groups in total. The molecule has 6 rings (SSSR count). The third-order valence-electron chi connectivity index (χ3n) is 6.34. The van der Waals surface area contributed by atoms with Crippen LogP contribution in [0.1, 0.15) is 25.3 Å². The number of halogens is 1. The molecule has 2 saturated heterocycles. The molecule has 42 heavy (non-hydrogen) atoms. The molecule has 225 valence electrons. The Kier molecular flexibility index (Phi) is 10.1. The first-order chi connectivity index (χ1) is 20.0. The Bertz CT molecular complexity index is 1680. The van der Waals surface area contributed by atoms with Gasteiger partial charge in [-0.15, -0.1) is 0 Å². The number of nitrogens with zero attached hydrogens (tertiary/aromatic N) is 7. The number of nitrogen functional groups attached to an aromatic ring is 2. The topological polar surface area (TPSA) is 291 Å². The van der Waals surface area contributed by atoms with Gasteiger partial charge in [0.25, 0.3) is 11.1 Å². The van der Waals surface area contributed by atoms with Gasteiger partial charge < -0.3 is 41.4 Å². The van der Waals surface area contributed by atoms with Crippen LogP contribution in [-0.2, 0) is 9.47 Å². The number of nitrogens with two attached hydrogens (primary N) is 2. The summed E-state index contributed by atoms with van der Waals surface area (Å²) in [5.74, 6) is -0.0510. The number of aliphatic hydroxyl groups excluding tert-OH is 4. The van der Waals surface area contributed by atoms with Crippen LogP contribution in [0.5, 0.6) is 0 Å². The normalized spacial score (nSPS) is 25.2. The van der Waals surface area contributed by atoms with E-state index in [4.69, 9.17) is 31.2 Å². The maximum absolute atomic E-state index is 11.8. The number of aliphatic hydroxyl groups is 4. The molecule has 19 nitrogen and oxygen atoms in total. The van der Waals surface area contributed by atoms with Crippen molar-refractivity contribution >= 4 is 70.6 Å². The zero-order chi connectivity index (χ0) is 30.7. The van der Waals surface area contributed by atoms with E-state index in [1.165, 1.54) is 15.5 Å². The number of ether oxygens (including phenoxy) is 2. The first kappa shape index (κ1) is 31.7. The molecule has 0 aromatic carbocycles. The Balaban J connectivity index is 0.000000177. The number of fused-ring (bicyclic) bond motifs is 2. The summed E-state index contributed by atoms with van der Waals surface area (Å²) in [6.07, 6.45) is -2.08. The third-order valence-corrected chi connectivity index (χ3v) is 6.90. The predicted octanol–water partition coefficient (Wildman–Crippen LogP) is -2.37. The molecular formula is C20H26BBrN11O8S. The van der Waals surface area contributed by atoms with E-state index in [0.717, 1.165) is 0 Å². The molecule has 2 aliphatic heterocycles. The fourth-order valence-electron chi connectivity index (χ4n) is 4.47. The number of rotatable bonds is 4. The van der Waals surface area contributed by atoms with E-state index in [-0.39, 0.29) is 60.3 Å². The number of H-pyrrole nitrogens is 2. The van der Waals surface area contributed by atoms with Crippen LogP contribution < -0.4 is 22.6 Å². The second-order valence-electron chi connectivity index (χ2n) is 8.99. The average Bonchev–Trinajstić information content (AvgIpc) is 3.68. The van der Waals surface area contributed by atoms with Crippen molar-refractivity contribution in [3.05, 3.63) is 31.8 Å². The SMILES string of the molecule is Nc1nc2c(nc(Br)n2[C@H]2CC(O)[C@@H](CO)O2)c(=O)[nH]1.Nc1nc2c(ncn2[C@H]2CC(O)[C@@H](CO)O2)c(=O)[nH]1.[B]=NS. The fourth-order valence-corrected chi connectivity index (χ4v) is 5.04. The van der Waals surface area contributed by atoms with Crippen LogP contribution in [0.2, 0.25) is 0 Å². The molecule has 0 saturated carbocycles. The van der Waals surface area contributed by atoms with Gasteiger partial charge in [-0.3, -0.25) is 28.7 Å². The number of anilines is 2. The maximum atomic E-state index is 11.8. The number of thiol groups is 1. The zero-order valence-corrected chi connectivity index (χ0v) is 24.0. The zero-order valence-electron chi connectivity index (χ0n) is 21.5. The van der Waals surface area contributed by atoms with E-state index in [9.17, 15) is 19.8 Å². The van der Waals surface area contributed by atoms with Gasteiger partial charge in [-0.25, -0.2) is 9.97 Å². The molecular weight excluding hydrogens is 645 g/mol. The van der Waals surface area contributed by atoms with Gasteiger partial charge in [-0.2, -0.15) is 9.97 Å². The first-order valence-electron chi connectivity index (χ1n) is 12.1. The fraction of sp³-hybridized carbons (Fsp3) is 0.500. The van der Waals surface area contributed by atoms with Crippen molar-refractivity contribution < 1.29 is 29.9 Å². The summed E-state index contributed by atoms with van der Waals surface area (Å²) in [4.78, 5) is 44.2. The molecule has 2 aliphatic rings. The van der Waals surface area contributed by atoms with Crippen LogP contribution in [-0.4, -0.2) is 105 Å². The number of hydrogen-bond acceptors (Lipinski definition) is 16. The van der Waals surface area contributed by atoms with E-state index in [1.807, 2.05) is 0 Å². The van der Waals surface area contributed by atoms with Crippen molar-refractivity contribution in [2.75, 3.05) is 24.7 Å². The van der Waals surface area contributed by atoms with Gasteiger partial charge in [0.05, 0.1) is 31.7 Å². The summed E-state index contributed by atoms with van der Waals surface area (Å²) in [5.41, 5.74) is 11.0. The summed E-state index contributed by atoms with van der Waals surface area (Å²) in [6.45, 7) is -0.571. The van der Waals surface area contributed by atoms with Crippen molar-refractivity contribution in [3.8, 4) is 0 Å². The Morgan fingerprint density at radius 3 is 2.02 bits per heavy atom. The molecule has 2 unspecified atom stereocenters. The molecule has 0 bridgehead atoms. The van der Waals surface area contributed by atoms with Crippen LogP contribution in [0.15, 0.2) is 25.0 Å². The molecule has 0 amide bonds. The summed E-state index contributed by atoms with van der Waals surface area (Å²) in [6, 6.07) is 0. The van der Waals surface area contributed by atoms with Crippen LogP contribution in [0, 0.1) is 0 Å². The van der Waals surface area contributed by atoms with E-state index >= 15 is 0 Å². The first-order valence-corrected chi connectivity index (χ1v) is 13.3. The molecule has 2 fully saturated rings. The third kappa shape index (κ3) is 6.39. The van der Waals surface area contributed by atoms with Crippen molar-refractivity contribution in [2.24, 2.45) is 4.30 Å². The van der Waals surface area contributed by atoms with Gasteiger partial charge in [-0.1, -0.05) is 0 Å². The minimum absolute atomic E-state index is 0.0171. The van der Waals surface area contributed by atoms with Gasteiger partial charge in [0.15, 0.2) is 27.1 Å². The van der Waals surface area contributed by atoms with Crippen molar-refractivity contribution in [3.63, 3.8) is 0 Å². The standard InChI is InChI=1S/C10H12BrN5O4.C10H13N5O4.BHNS/c11-9-13-6-7(14-10(12)15-8(6)19)16(9)5-1-3(18)4(2-17)20-5;11-10-13-8-7(9(18)14-10)12-3-15(8)6-1-4(17)5(2-16)19-6;1-2-3/h3-5,17-18H,1-2H2,(H3,12,14,15,19);3-6,16-17H,1-2H2,(H3,11,13,14,18);3H/t3?,4-,5-;4?,5-,6-;/m11./s1. The van der Waals surface area contributed by atoms with Gasteiger partial charge in [0.1, 0.15) is 24.7 Å². The molecule has 6 atom stereocenters. The van der Waals surface area contributed by atoms with E-state index in [2.05, 4.69) is 70.6 Å². The van der Waals surface area contributed by atoms with Crippen molar-refractivity contribution in [2.45, 2.75) is 49.7 Å². The number of aromatic nitrogens is 8. The van der Waals surface area contributed by atoms with E-state index in [1.54, 1.807) is 0 Å². The van der Waals surface area contributed by atoms with Crippen molar-refractivity contribution in [1.82, 2.24) is 39.0 Å². The Morgan fingerprint density at radius 2 is 1.48 bits per heavy atom. The molecule has 22 heteroatoms. The Morgan fingerprint density at radius 1 is 0.976 bits per heavy atom. The van der Waals surface area contributed by atoms with E-state index < -0.39 is 48.0 Å². The predicted molar refractivity (Wildman–Crippen MR) is 153 cm³/mol. The van der Waals surface area contributed by atoms with Crippen molar-refractivity contribution in [1.29, 1.82) is 0 Å². The minimum atomic E-state index is -0.798. The number of hydrogen-bond donors (Lipinski definition) is 9. The average molecular weight is 671 g/mol. The number of aromatic amines is 2. The summed E-state index contributed by atoms with van der Waals surface area (Å²) in [7, 11) is 4.34. The van der Waals surface area contributed by atoms with Gasteiger partial charge >= 0.3 is 24.8 Å². The van der Waals surface area contributed by atoms with Crippen LogP contribution >= 0.6 is 28.7 Å². The van der Waals surface area contributed by atoms with Gasteiger partial charge in [0.2, 0.25) is 11.9 Å². The molecule has 4 aromatic heterocycles. The molecule has 1 radical (unpaired) electrons. The van der Waals surface area contributed by atoms with E-state index in [0.29, 0.717) is 4.73 Å². The second kappa shape index (κ2) is 13.4. The summed E-state index contributed by atoms with van der Waals surface area (Å²) in [5, 5.41) is 37.7. The van der Waals surface area contributed by atoms with Crippen LogP contribution in [0.3, 0.4) is 0 Å². The molecule has 4 aromatic rings. The molecule has 0 aliphatic carbocycles. The monoisotopic (exact) mass is 670 g/mol. The van der Waals surface area contributed by atoms with Gasteiger partial charge in [0, 0.05) is 12.8 Å². The van der Waals surface area contributed by atoms with Gasteiger partial charge in [-0.05, 0) is 15.9 Å². The molecule has 0 spiro atoms. The Labute approximate surface area is 249 Å². The quantitative estimate of drug-likeness (QED) is 0.0623. The Hall–Kier alpha value is -3.25. The second-order valence-corrected chi connectivity index (χ2v) is 9.93. The number of nitrogens with one attached hydrogen (secondary N) is 2. The summed E-state index contributed by atoms with van der Waals surface area (Å²) < 4.78 is 17.1. The molecule has 6 heterocycles. The van der Waals surface area contributed by atoms with Crippen LogP contribution in [0.25, 0.3) is 22.3 Å².